The van der Waals surface area contributed by atoms with E-state index in [0.717, 1.165) is 12.1 Å². The van der Waals surface area contributed by atoms with Crippen LogP contribution in [0.25, 0.3) is 0 Å². The van der Waals surface area contributed by atoms with Crippen LogP contribution in [0.4, 0.5) is 0 Å². The van der Waals surface area contributed by atoms with Crippen LogP contribution in [-0.2, 0) is 17.8 Å². The summed E-state index contributed by atoms with van der Waals surface area (Å²) in [5, 5.41) is 12.9. The zero-order chi connectivity index (χ0) is 13.7. The molecule has 0 radical (unpaired) electrons. The van der Waals surface area contributed by atoms with E-state index < -0.39 is 5.97 Å². The molecule has 1 heterocycles. The first-order valence-corrected chi connectivity index (χ1v) is 6.03. The molecule has 1 rings (SSSR count). The number of hydrogen-bond donors (Lipinski definition) is 1. The maximum Gasteiger partial charge on any atom is 0.305 e. The molecule has 1 N–H and O–H groups in total. The van der Waals surface area contributed by atoms with Gasteiger partial charge in [-0.15, -0.1) is 0 Å². The molecule has 0 saturated carbocycles. The van der Waals surface area contributed by atoms with Crippen molar-refractivity contribution in [3.8, 4) is 0 Å². The number of carbonyl (C=O) groups excluding carboxylic acids is 1. The number of aliphatic carboxylic acids is 1. The molecule has 0 fully saturated rings. The molecule has 0 atom stereocenters. The Balaban J connectivity index is 2.81. The second-order valence-electron chi connectivity index (χ2n) is 4.06. The maximum absolute atomic E-state index is 12.1. The molecular weight excluding hydrogens is 234 g/mol. The number of hydrogen-bond acceptors (Lipinski definition) is 3. The van der Waals surface area contributed by atoms with E-state index in [4.69, 9.17) is 5.11 Å². The summed E-state index contributed by atoms with van der Waals surface area (Å²) in [5.41, 5.74) is 1.38. The van der Waals surface area contributed by atoms with E-state index in [0.29, 0.717) is 12.2 Å². The average Bonchev–Trinajstić information content (AvgIpc) is 2.78. The molecule has 18 heavy (non-hydrogen) atoms. The first-order valence-electron chi connectivity index (χ1n) is 6.03. The van der Waals surface area contributed by atoms with Crippen LogP contribution in [0.5, 0.6) is 0 Å². The van der Waals surface area contributed by atoms with Gasteiger partial charge < -0.3 is 10.0 Å². The van der Waals surface area contributed by atoms with Crippen LogP contribution in [0.2, 0.25) is 0 Å². The normalized spacial score (nSPS) is 10.4. The molecule has 1 amide bonds. The standard InChI is InChI=1S/C12H19N3O3/c1-4-9-8-10(15(5-2)13-9)12(18)14(3)7-6-11(16)17/h8H,4-7H2,1-3H3,(H,16,17). The van der Waals surface area contributed by atoms with E-state index in [1.54, 1.807) is 17.8 Å². The number of rotatable bonds is 6. The summed E-state index contributed by atoms with van der Waals surface area (Å²) in [6.07, 6.45) is 0.718. The minimum Gasteiger partial charge on any atom is -0.481 e. The Kier molecular flexibility index (Phi) is 4.88. The van der Waals surface area contributed by atoms with Crippen LogP contribution in [0, 0.1) is 0 Å². The van der Waals surface area contributed by atoms with Crippen molar-refractivity contribution >= 4 is 11.9 Å². The lowest BCUT2D eigenvalue weighted by Gasteiger charge is -2.16. The van der Waals surface area contributed by atoms with Crippen molar-refractivity contribution < 1.29 is 14.7 Å². The fraction of sp³-hybridized carbons (Fsp3) is 0.583. The highest BCUT2D eigenvalue weighted by atomic mass is 16.4. The van der Waals surface area contributed by atoms with Gasteiger partial charge in [0.25, 0.3) is 5.91 Å². The van der Waals surface area contributed by atoms with Crippen molar-refractivity contribution in [2.45, 2.75) is 33.2 Å². The van der Waals surface area contributed by atoms with Gasteiger partial charge >= 0.3 is 5.97 Å². The van der Waals surface area contributed by atoms with Gasteiger partial charge in [-0.05, 0) is 19.4 Å². The van der Waals surface area contributed by atoms with E-state index in [2.05, 4.69) is 5.10 Å². The fourth-order valence-electron chi connectivity index (χ4n) is 1.62. The Morgan fingerprint density at radius 3 is 2.61 bits per heavy atom. The Hall–Kier alpha value is -1.85. The van der Waals surface area contributed by atoms with Crippen molar-refractivity contribution in [3.63, 3.8) is 0 Å². The van der Waals surface area contributed by atoms with Crippen molar-refractivity contribution in [1.29, 1.82) is 0 Å². The molecule has 0 unspecified atom stereocenters. The minimum atomic E-state index is -0.909. The lowest BCUT2D eigenvalue weighted by Crippen LogP contribution is -2.30. The Labute approximate surface area is 106 Å². The summed E-state index contributed by atoms with van der Waals surface area (Å²) >= 11 is 0. The summed E-state index contributed by atoms with van der Waals surface area (Å²) in [4.78, 5) is 24.0. The summed E-state index contributed by atoms with van der Waals surface area (Å²) in [6, 6.07) is 1.77. The number of aromatic nitrogens is 2. The third-order valence-electron chi connectivity index (χ3n) is 2.72. The highest BCUT2D eigenvalue weighted by Gasteiger charge is 2.18. The quantitative estimate of drug-likeness (QED) is 0.821. The molecule has 6 nitrogen and oxygen atoms in total. The topological polar surface area (TPSA) is 75.4 Å². The lowest BCUT2D eigenvalue weighted by molar-refractivity contribution is -0.137. The predicted molar refractivity (Wildman–Crippen MR) is 66.5 cm³/mol. The largest absolute Gasteiger partial charge is 0.481 e. The molecule has 0 saturated heterocycles. The van der Waals surface area contributed by atoms with Crippen molar-refractivity contribution in [3.05, 3.63) is 17.5 Å². The van der Waals surface area contributed by atoms with Gasteiger partial charge in [-0.3, -0.25) is 14.3 Å². The monoisotopic (exact) mass is 253 g/mol. The zero-order valence-corrected chi connectivity index (χ0v) is 11.0. The molecule has 1 aromatic rings. The molecule has 0 aromatic carbocycles. The number of nitrogens with zero attached hydrogens (tertiary/aromatic N) is 3. The van der Waals surface area contributed by atoms with E-state index in [-0.39, 0.29) is 18.9 Å². The van der Waals surface area contributed by atoms with Crippen LogP contribution in [-0.4, -0.2) is 45.3 Å². The van der Waals surface area contributed by atoms with E-state index in [9.17, 15) is 9.59 Å². The van der Waals surface area contributed by atoms with Crippen molar-refractivity contribution in [1.82, 2.24) is 14.7 Å². The van der Waals surface area contributed by atoms with Gasteiger partial charge in [-0.1, -0.05) is 6.92 Å². The van der Waals surface area contributed by atoms with Gasteiger partial charge in [-0.25, -0.2) is 0 Å². The number of aryl methyl sites for hydroxylation is 2. The molecule has 0 spiro atoms. The second-order valence-corrected chi connectivity index (χ2v) is 4.06. The van der Waals surface area contributed by atoms with Gasteiger partial charge in [0.1, 0.15) is 5.69 Å². The SMILES string of the molecule is CCc1cc(C(=O)N(C)CCC(=O)O)n(CC)n1. The van der Waals surface area contributed by atoms with Crippen molar-refractivity contribution in [2.75, 3.05) is 13.6 Å². The van der Waals surface area contributed by atoms with E-state index in [1.165, 1.54) is 4.90 Å². The molecule has 1 aromatic heterocycles. The molecule has 6 heteroatoms. The summed E-state index contributed by atoms with van der Waals surface area (Å²) in [7, 11) is 1.60. The molecule has 0 bridgehead atoms. The smallest absolute Gasteiger partial charge is 0.305 e. The Bertz CT molecular complexity index is 440. The van der Waals surface area contributed by atoms with Gasteiger partial charge in [-0.2, -0.15) is 5.10 Å². The number of carboxylic acid groups (broad SMARTS) is 1. The van der Waals surface area contributed by atoms with Crippen LogP contribution < -0.4 is 0 Å². The first kappa shape index (κ1) is 14.2. The minimum absolute atomic E-state index is 0.0524. The van der Waals surface area contributed by atoms with Crippen molar-refractivity contribution in [2.24, 2.45) is 0 Å². The molecule has 0 aliphatic carbocycles. The molecule has 0 aliphatic rings. The summed E-state index contributed by atoms with van der Waals surface area (Å²) < 4.78 is 1.65. The van der Waals surface area contributed by atoms with Crippen LogP contribution in [0.15, 0.2) is 6.07 Å². The molecule has 100 valence electrons. The number of carboxylic acids is 1. The van der Waals surface area contributed by atoms with Crippen LogP contribution >= 0.6 is 0 Å². The summed E-state index contributed by atoms with van der Waals surface area (Å²) in [6.45, 7) is 4.71. The Morgan fingerprint density at radius 2 is 2.11 bits per heavy atom. The van der Waals surface area contributed by atoms with Gasteiger partial charge in [0, 0.05) is 20.1 Å². The lowest BCUT2D eigenvalue weighted by atomic mass is 10.2. The van der Waals surface area contributed by atoms with Gasteiger partial charge in [0.2, 0.25) is 0 Å². The fourth-order valence-corrected chi connectivity index (χ4v) is 1.62. The van der Waals surface area contributed by atoms with Crippen LogP contribution in [0.3, 0.4) is 0 Å². The maximum atomic E-state index is 12.1. The number of carbonyl (C=O) groups is 2. The number of amides is 1. The van der Waals surface area contributed by atoms with E-state index >= 15 is 0 Å². The molecule has 0 aliphatic heterocycles. The zero-order valence-electron chi connectivity index (χ0n) is 11.0. The highest BCUT2D eigenvalue weighted by molar-refractivity contribution is 5.92. The van der Waals surface area contributed by atoms with Gasteiger partial charge in [0.05, 0.1) is 12.1 Å². The third-order valence-corrected chi connectivity index (χ3v) is 2.72. The first-order chi connectivity index (χ1) is 8.49. The average molecular weight is 253 g/mol. The Morgan fingerprint density at radius 1 is 1.44 bits per heavy atom. The summed E-state index contributed by atoms with van der Waals surface area (Å²) in [5.74, 6) is -1.10. The second kappa shape index (κ2) is 6.18. The van der Waals surface area contributed by atoms with E-state index in [1.807, 2.05) is 13.8 Å². The predicted octanol–water partition coefficient (Wildman–Crippen LogP) is 1.01. The molecular formula is C12H19N3O3. The van der Waals surface area contributed by atoms with Gasteiger partial charge in [0.15, 0.2) is 0 Å². The third kappa shape index (κ3) is 3.32. The van der Waals surface area contributed by atoms with Crippen LogP contribution in [0.1, 0.15) is 36.5 Å². The highest BCUT2D eigenvalue weighted by Crippen LogP contribution is 2.08.